The fourth-order valence-electron chi connectivity index (χ4n) is 3.71. The molecule has 0 fully saturated rings. The van der Waals surface area contributed by atoms with Gasteiger partial charge in [-0.3, -0.25) is 0 Å². The minimum atomic E-state index is -6.15. The van der Waals surface area contributed by atoms with Gasteiger partial charge in [-0.2, -0.15) is 26.3 Å². The monoisotopic (exact) mass is 454 g/mol. The smallest absolute Gasteiger partial charge is 0.218 e. The number of benzene rings is 1. The molecule has 0 bridgehead atoms. The van der Waals surface area contributed by atoms with E-state index in [4.69, 9.17) is 0 Å². The van der Waals surface area contributed by atoms with Crippen LogP contribution in [0.25, 0.3) is 0 Å². The average Bonchev–Trinajstić information content (AvgIpc) is 2.67. The van der Waals surface area contributed by atoms with Gasteiger partial charge in [0.05, 0.1) is 0 Å². The Morgan fingerprint density at radius 3 is 1.87 bits per heavy atom. The maximum atomic E-state index is 14.3. The van der Waals surface area contributed by atoms with Crippen LogP contribution in [0.1, 0.15) is 57.1 Å². The molecule has 31 heavy (non-hydrogen) atoms. The molecule has 1 aromatic rings. The van der Waals surface area contributed by atoms with Gasteiger partial charge in [0.1, 0.15) is 5.83 Å². The highest BCUT2D eigenvalue weighted by atomic mass is 19.4. The van der Waals surface area contributed by atoms with Gasteiger partial charge in [-0.05, 0) is 48.3 Å². The molecular formula is C23H26F8. The summed E-state index contributed by atoms with van der Waals surface area (Å²) in [4.78, 5) is 0. The van der Waals surface area contributed by atoms with Crippen molar-refractivity contribution in [1.82, 2.24) is 0 Å². The summed E-state index contributed by atoms with van der Waals surface area (Å²) in [6.45, 7) is 9.02. The van der Waals surface area contributed by atoms with E-state index in [2.05, 4.69) is 6.58 Å². The molecule has 174 valence electrons. The van der Waals surface area contributed by atoms with Gasteiger partial charge in [-0.15, -0.1) is 0 Å². The largest absolute Gasteiger partial charge is 0.435 e. The van der Waals surface area contributed by atoms with E-state index >= 15 is 0 Å². The van der Waals surface area contributed by atoms with Gasteiger partial charge >= 0.3 is 18.0 Å². The maximum Gasteiger partial charge on any atom is 0.435 e. The average molecular weight is 454 g/mol. The topological polar surface area (TPSA) is 0 Å². The molecule has 1 aromatic carbocycles. The summed E-state index contributed by atoms with van der Waals surface area (Å²) in [6, 6.07) is 3.28. The van der Waals surface area contributed by atoms with E-state index in [1.165, 1.54) is 18.2 Å². The van der Waals surface area contributed by atoms with Crippen LogP contribution in [0.15, 0.2) is 61.0 Å². The van der Waals surface area contributed by atoms with E-state index in [0.29, 0.717) is 37.0 Å². The molecule has 0 saturated heterocycles. The van der Waals surface area contributed by atoms with E-state index < -0.39 is 34.8 Å². The molecule has 0 aliphatic carbocycles. The highest BCUT2D eigenvalue weighted by molar-refractivity contribution is 5.33. The number of hydrogen-bond donors (Lipinski definition) is 0. The van der Waals surface area contributed by atoms with Crippen molar-refractivity contribution in [2.24, 2.45) is 5.41 Å². The second-order valence-corrected chi connectivity index (χ2v) is 7.64. The zero-order valence-corrected chi connectivity index (χ0v) is 17.5. The lowest BCUT2D eigenvalue weighted by Crippen LogP contribution is -2.50. The van der Waals surface area contributed by atoms with Gasteiger partial charge in [0, 0.05) is 5.56 Å². The molecule has 0 heterocycles. The Kier molecular flexibility index (Phi) is 8.68. The molecule has 0 spiro atoms. The molecule has 0 aliphatic rings. The summed E-state index contributed by atoms with van der Waals surface area (Å²) < 4.78 is 106. The van der Waals surface area contributed by atoms with Gasteiger partial charge in [0.15, 0.2) is 0 Å². The quantitative estimate of drug-likeness (QED) is 0.258. The van der Waals surface area contributed by atoms with Gasteiger partial charge in [-0.25, -0.2) is 8.78 Å². The summed E-state index contributed by atoms with van der Waals surface area (Å²) in [5.74, 6) is -0.752. The molecule has 0 unspecified atom stereocenters. The fraction of sp³-hybridized carbons (Fsp3) is 0.478. The van der Waals surface area contributed by atoms with Crippen molar-refractivity contribution in [2.45, 2.75) is 64.0 Å². The van der Waals surface area contributed by atoms with E-state index in [0.717, 1.165) is 12.1 Å². The number of halogens is 8. The third-order valence-corrected chi connectivity index (χ3v) is 5.69. The summed E-state index contributed by atoms with van der Waals surface area (Å²) >= 11 is 0. The van der Waals surface area contributed by atoms with Crippen molar-refractivity contribution < 1.29 is 35.1 Å². The highest BCUT2D eigenvalue weighted by Crippen LogP contribution is 2.53. The standard InChI is InChI=1S/C23H26F8/c1-5-9-18(24)10-8-15-20(4,7-3)19(6-2)16-11-13-17(14-12-16)21(25,22(26,27)28)23(29,30)31/h5,8-14,19H,1,6-7,15H2,2-4H3/b10-8-,18-9+/t19-,20+/m0/s1. The molecular weight excluding hydrogens is 428 g/mol. The zero-order valence-electron chi connectivity index (χ0n) is 17.5. The first-order valence-corrected chi connectivity index (χ1v) is 9.75. The number of rotatable bonds is 9. The lowest BCUT2D eigenvalue weighted by Gasteiger charge is -2.37. The van der Waals surface area contributed by atoms with Gasteiger partial charge in [0.2, 0.25) is 0 Å². The van der Waals surface area contributed by atoms with E-state index in [-0.39, 0.29) is 5.92 Å². The predicted octanol–water partition coefficient (Wildman–Crippen LogP) is 8.87. The van der Waals surface area contributed by atoms with Crippen LogP contribution in [-0.2, 0) is 5.67 Å². The number of alkyl halides is 7. The molecule has 0 nitrogen and oxygen atoms in total. The first kappa shape index (κ1) is 26.9. The van der Waals surface area contributed by atoms with Crippen LogP contribution in [0.4, 0.5) is 35.1 Å². The van der Waals surface area contributed by atoms with Crippen LogP contribution in [0.5, 0.6) is 0 Å². The Labute approximate surface area is 177 Å². The Morgan fingerprint density at radius 1 is 0.968 bits per heavy atom. The van der Waals surface area contributed by atoms with Crippen LogP contribution in [-0.4, -0.2) is 12.4 Å². The van der Waals surface area contributed by atoms with Gasteiger partial charge in [0.25, 0.3) is 0 Å². The molecule has 8 heteroatoms. The van der Waals surface area contributed by atoms with Crippen molar-refractivity contribution in [1.29, 1.82) is 0 Å². The van der Waals surface area contributed by atoms with Crippen molar-refractivity contribution in [3.8, 4) is 0 Å². The lowest BCUT2D eigenvalue weighted by atomic mass is 9.68. The summed E-state index contributed by atoms with van der Waals surface area (Å²) in [6.07, 6.45) is -5.37. The zero-order chi connectivity index (χ0) is 24.1. The number of hydrogen-bond acceptors (Lipinski definition) is 0. The Morgan fingerprint density at radius 2 is 1.48 bits per heavy atom. The fourth-order valence-corrected chi connectivity index (χ4v) is 3.71. The van der Waals surface area contributed by atoms with E-state index in [1.807, 2.05) is 20.8 Å². The van der Waals surface area contributed by atoms with Crippen LogP contribution in [0.2, 0.25) is 0 Å². The van der Waals surface area contributed by atoms with Crippen molar-refractivity contribution in [3.05, 3.63) is 72.1 Å². The van der Waals surface area contributed by atoms with E-state index in [1.54, 1.807) is 6.08 Å². The second kappa shape index (κ2) is 10.0. The third kappa shape index (κ3) is 5.77. The first-order chi connectivity index (χ1) is 14.2. The third-order valence-electron chi connectivity index (χ3n) is 5.69. The second-order valence-electron chi connectivity index (χ2n) is 7.64. The Hall–Kier alpha value is -2.12. The van der Waals surface area contributed by atoms with Crippen molar-refractivity contribution in [2.75, 3.05) is 0 Å². The van der Waals surface area contributed by atoms with Crippen molar-refractivity contribution in [3.63, 3.8) is 0 Å². The summed E-state index contributed by atoms with van der Waals surface area (Å²) in [5.41, 5.74) is -6.94. The SMILES string of the molecule is C=C/C=C(F)\C=C/C[C@@](C)(CC)[C@@H](CC)c1ccc(C(F)(C(F)(F)F)C(F)(F)F)cc1. The molecule has 1 rings (SSSR count). The molecule has 0 N–H and O–H groups in total. The number of allylic oxidation sites excluding steroid dienone is 5. The molecule has 2 atom stereocenters. The van der Waals surface area contributed by atoms with Crippen LogP contribution >= 0.6 is 0 Å². The molecule has 0 radical (unpaired) electrons. The molecule has 0 saturated carbocycles. The van der Waals surface area contributed by atoms with Gasteiger partial charge in [-0.1, -0.05) is 63.8 Å². The van der Waals surface area contributed by atoms with Crippen molar-refractivity contribution >= 4 is 0 Å². The predicted molar refractivity (Wildman–Crippen MR) is 106 cm³/mol. The molecule has 0 amide bonds. The summed E-state index contributed by atoms with van der Waals surface area (Å²) in [5, 5.41) is 0. The first-order valence-electron chi connectivity index (χ1n) is 9.75. The van der Waals surface area contributed by atoms with Crippen LogP contribution in [0, 0.1) is 5.41 Å². The molecule has 0 aromatic heterocycles. The van der Waals surface area contributed by atoms with Crippen LogP contribution < -0.4 is 0 Å². The highest BCUT2D eigenvalue weighted by Gasteiger charge is 2.73. The Bertz CT molecular complexity index is 769. The maximum absolute atomic E-state index is 14.3. The van der Waals surface area contributed by atoms with Crippen LogP contribution in [0.3, 0.4) is 0 Å². The molecule has 0 aliphatic heterocycles. The Balaban J connectivity index is 3.31. The lowest BCUT2D eigenvalue weighted by molar-refractivity contribution is -0.348. The minimum absolute atomic E-state index is 0.256. The summed E-state index contributed by atoms with van der Waals surface area (Å²) in [7, 11) is 0. The minimum Gasteiger partial charge on any atom is -0.218 e. The normalized spacial score (nSPS) is 16.9. The van der Waals surface area contributed by atoms with E-state index in [9.17, 15) is 35.1 Å². The van der Waals surface area contributed by atoms with Gasteiger partial charge < -0.3 is 0 Å².